The Bertz CT molecular complexity index is 3610. The van der Waals surface area contributed by atoms with Crippen LogP contribution in [0, 0.1) is 69.1 Å². The maximum atomic E-state index is 11.6. The summed E-state index contributed by atoms with van der Waals surface area (Å²) in [4.78, 5) is 79.4. The van der Waals surface area contributed by atoms with Crippen molar-refractivity contribution >= 4 is 154 Å². The van der Waals surface area contributed by atoms with Crippen LogP contribution in [-0.4, -0.2) is 197 Å². The fourth-order valence-electron chi connectivity index (χ4n) is 12.9. The summed E-state index contributed by atoms with van der Waals surface area (Å²) in [5, 5.41) is 57.3. The van der Waals surface area contributed by atoms with Gasteiger partial charge in [-0.1, -0.05) is 371 Å². The predicted octanol–water partition coefficient (Wildman–Crippen LogP) is 27.2. The fraction of sp³-hybridized carbons (Fsp3) is 0.574. The van der Waals surface area contributed by atoms with Crippen molar-refractivity contribution in [2.75, 3.05) is 54.9 Å². The van der Waals surface area contributed by atoms with Crippen LogP contribution in [0.2, 0.25) is 13.6 Å². The molecule has 0 amide bonds. The van der Waals surface area contributed by atoms with Crippen molar-refractivity contribution in [2.45, 2.75) is 344 Å². The molecule has 2 aliphatic rings. The predicted molar refractivity (Wildman–Crippen MR) is 650 cm³/mol. The molecule has 9 rings (SSSR count). The van der Waals surface area contributed by atoms with Gasteiger partial charge in [-0.3, -0.25) is 33.6 Å². The van der Waals surface area contributed by atoms with E-state index in [0.29, 0.717) is 32.5 Å². The zero-order valence-corrected chi connectivity index (χ0v) is 95.9. The first-order chi connectivity index (χ1) is 64.3. The van der Waals surface area contributed by atoms with Gasteiger partial charge in [0.05, 0.1) is 83.1 Å². The van der Waals surface area contributed by atoms with E-state index in [0.717, 1.165) is 148 Å². The highest BCUT2D eigenvalue weighted by Crippen LogP contribution is 2.26. The lowest BCUT2D eigenvalue weighted by atomic mass is 9.95. The molecule has 2 aliphatic heterocycles. The van der Waals surface area contributed by atoms with Crippen molar-refractivity contribution < 1.29 is 97.4 Å². The van der Waals surface area contributed by atoms with Crippen molar-refractivity contribution in [1.82, 2.24) is 12.3 Å². The van der Waals surface area contributed by atoms with Crippen molar-refractivity contribution in [3.05, 3.63) is 244 Å². The minimum atomic E-state index is -1.17. The topological polar surface area (TPSA) is 386 Å². The molecule has 7 atom stereocenters. The largest absolute Gasteiger partial charge is 0.481 e. The van der Waals surface area contributed by atoms with Crippen LogP contribution < -0.4 is 12.3 Å². The highest BCUT2D eigenvalue weighted by atomic mass is 79.9. The quantitative estimate of drug-likeness (QED) is 0.0100. The SMILES string of the molecule is C.C.C.C.C.C.CB(O)O.CB(O)O.CC.CC.CC.CC.CC.CC.CCCC(CCc1ccc(Br)cc1)C(=O)OC.CCCC(CCc1ccc(C)cc1)C(=O)O.CCCC(CCc1ccc(C)cc1)C(=O)OC.COC(=O)C(CCO)CCc1ccc(Br)cc1.COC(=O)C(CCO)CCc1ccc(C)cc1.Cc1ccc(CCC2CCOC2=O)cc1.N.N.O=C1OCCC1CCc1ccc(Br)cc1.[B].[B].[B].[B].[B].[B]. The third-order valence-electron chi connectivity index (χ3n) is 20.1. The Hall–Kier alpha value is -7.53. The molecule has 0 aromatic heterocycles. The van der Waals surface area contributed by atoms with Gasteiger partial charge in [0.25, 0.3) is 0 Å². The molecule has 7 aromatic rings. The third kappa shape index (κ3) is 102. The number of benzene rings is 7. The van der Waals surface area contributed by atoms with Gasteiger partial charge in [0.2, 0.25) is 0 Å². The van der Waals surface area contributed by atoms with Gasteiger partial charge in [-0.25, -0.2) is 0 Å². The van der Waals surface area contributed by atoms with Gasteiger partial charge in [-0.05, 0) is 252 Å². The van der Waals surface area contributed by atoms with Crippen molar-refractivity contribution in [2.24, 2.45) is 41.4 Å². The van der Waals surface area contributed by atoms with E-state index in [4.69, 9.17) is 63.8 Å². The van der Waals surface area contributed by atoms with E-state index in [1.165, 1.54) is 103 Å². The number of aliphatic hydroxyl groups is 2. The van der Waals surface area contributed by atoms with Crippen LogP contribution in [0.1, 0.15) is 319 Å². The second kappa shape index (κ2) is 128. The summed E-state index contributed by atoms with van der Waals surface area (Å²) in [5.74, 6) is -1.58. The molecular formula is C115H203B8Br3N2O20. The van der Waals surface area contributed by atoms with Crippen LogP contribution in [0.4, 0.5) is 0 Å². The lowest BCUT2D eigenvalue weighted by Crippen LogP contribution is -2.18. The monoisotopic (exact) mass is 2260 g/mol. The standard InChI is InChI=1S/C15H22O2.C14H19BrO2.C14H20O3.C14H20O2.C13H17BrO3.C13H16O2.C12H13BrO2.6C2H6.2CH5BO2.6CH4.6B.2H3N/c1-4-5-14(15(16)17-3)11-10-13-8-6-12(2)7-9-13;1-3-4-12(14(16)17-2)8-5-11-6-9-13(15)10-7-11;1-11-3-5-12(6-4-11)7-8-13(9-10-15)14(16)17-2;1-3-4-13(14(15)16)10-9-12-7-5-11(2)6-8-12;1-17-13(16)11(8-9-15)5-2-10-3-6-12(14)7-4-10;1-10-2-4-11(5-3-10)6-7-12-8-9-15-13(12)14;13-11-5-2-9(3-6-11)1-4-10-7-8-15-12(10)14;6*1-2;2*1-2(3)4;;;;;;;;;;;;;;/h6-9,14H,4-5,10-11H2,1-3H3;6-7,9-10,12H,3-5,8H2,1-2H3;3-6,13,15H,7-10H2,1-2H3;5-8,13H,3-4,9-10H2,1-2H3,(H,15,16);3-4,6-7,11,15H,2,5,8-9H2,1H3;2-5,12H,6-9H2,1H3;2-3,5-6,10H,1,4,7-8H2;6*1-2H3;2*3-4H,1H3;6*1H4;;;;;;;2*1H3. The number of carboxylic acid groups (broad SMARTS) is 1. The molecule has 0 saturated carbocycles. The third-order valence-corrected chi connectivity index (χ3v) is 21.7. The average molecular weight is 2260 g/mol. The van der Waals surface area contributed by atoms with Gasteiger partial charge in [-0.2, -0.15) is 0 Å². The number of carboxylic acids is 1. The van der Waals surface area contributed by atoms with Crippen LogP contribution in [0.25, 0.3) is 0 Å². The van der Waals surface area contributed by atoms with E-state index < -0.39 is 20.2 Å². The lowest BCUT2D eigenvalue weighted by molar-refractivity contribution is -0.147. The molecule has 22 nitrogen and oxygen atoms in total. The number of esters is 6. The molecular weight excluding hydrogens is 2060 g/mol. The molecule has 148 heavy (non-hydrogen) atoms. The van der Waals surface area contributed by atoms with Gasteiger partial charge in [0.15, 0.2) is 0 Å². The number of methoxy groups -OCH3 is 4. The number of hydrogen-bond acceptors (Lipinski definition) is 21. The molecule has 7 unspecified atom stereocenters. The summed E-state index contributed by atoms with van der Waals surface area (Å²) < 4.78 is 32.2. The van der Waals surface area contributed by atoms with Crippen LogP contribution in [-0.2, 0) is 107 Å². The van der Waals surface area contributed by atoms with Gasteiger partial charge in [-0.15, -0.1) is 0 Å². The Kier molecular flexibility index (Phi) is 163. The molecule has 0 bridgehead atoms. The van der Waals surface area contributed by atoms with Crippen LogP contribution in [0.3, 0.4) is 0 Å². The molecule has 2 fully saturated rings. The van der Waals surface area contributed by atoms with E-state index in [9.17, 15) is 33.6 Å². The Morgan fingerprint density at radius 3 is 0.635 bits per heavy atom. The molecule has 2 heterocycles. The van der Waals surface area contributed by atoms with Crippen molar-refractivity contribution in [1.29, 1.82) is 0 Å². The number of aryl methyl sites for hydroxylation is 11. The van der Waals surface area contributed by atoms with Crippen molar-refractivity contribution in [3.8, 4) is 0 Å². The number of rotatable bonds is 36. The van der Waals surface area contributed by atoms with E-state index in [2.05, 4.69) is 204 Å². The number of halogens is 3. The molecule has 838 valence electrons. The minimum Gasteiger partial charge on any atom is -0.481 e. The first-order valence-corrected chi connectivity index (χ1v) is 50.9. The number of aliphatic hydroxyl groups excluding tert-OH is 2. The summed E-state index contributed by atoms with van der Waals surface area (Å²) in [6.45, 7) is 42.3. The number of carbonyl (C=O) groups excluding carboxylic acids is 6. The van der Waals surface area contributed by atoms with Gasteiger partial charge >= 0.3 is 56.0 Å². The van der Waals surface area contributed by atoms with Crippen LogP contribution >= 0.6 is 47.8 Å². The number of aliphatic carboxylic acids is 1. The van der Waals surface area contributed by atoms with Gasteiger partial charge in [0.1, 0.15) is 0 Å². The molecule has 18 radical (unpaired) electrons. The zero-order valence-electron chi connectivity index (χ0n) is 91.1. The highest BCUT2D eigenvalue weighted by molar-refractivity contribution is 9.11. The van der Waals surface area contributed by atoms with E-state index in [1.807, 2.05) is 145 Å². The summed E-state index contributed by atoms with van der Waals surface area (Å²) in [5.41, 5.74) is 13.8. The summed E-state index contributed by atoms with van der Waals surface area (Å²) in [6.07, 6.45) is 20.3. The second-order valence-corrected chi connectivity index (χ2v) is 33.2. The number of cyclic esters (lactones) is 2. The Morgan fingerprint density at radius 2 is 0.480 bits per heavy atom. The first-order valence-electron chi connectivity index (χ1n) is 48.6. The maximum absolute atomic E-state index is 11.6. The Labute approximate surface area is 941 Å². The fourth-order valence-corrected chi connectivity index (χ4v) is 13.7. The molecule has 33 heteroatoms. The Balaban J connectivity index is -0.0000000685. The highest BCUT2D eigenvalue weighted by Gasteiger charge is 2.28. The van der Waals surface area contributed by atoms with Crippen LogP contribution in [0.5, 0.6) is 0 Å². The van der Waals surface area contributed by atoms with Gasteiger partial charge in [0, 0.05) is 77.1 Å². The summed E-state index contributed by atoms with van der Waals surface area (Å²) in [7, 11) is 3.37. The van der Waals surface area contributed by atoms with E-state index >= 15 is 0 Å². The molecule has 7 aromatic carbocycles. The molecule has 0 spiro atoms. The zero-order chi connectivity index (χ0) is 103. The summed E-state index contributed by atoms with van der Waals surface area (Å²) in [6, 6.07) is 58.1. The molecule has 2 saturated heterocycles. The number of hydrogen-bond donors (Lipinski definition) is 9. The Morgan fingerprint density at radius 1 is 0.318 bits per heavy atom. The normalized spacial score (nSPS) is 11.7. The first kappa shape index (κ1) is 188. The molecule has 0 aliphatic carbocycles. The van der Waals surface area contributed by atoms with E-state index in [-0.39, 0.29) is 198 Å². The average Bonchev–Trinajstić information content (AvgIpc) is 1.85. The van der Waals surface area contributed by atoms with Gasteiger partial charge < -0.3 is 76.1 Å². The number of carbonyl (C=O) groups is 7. The molecule has 13 N–H and O–H groups in total. The second-order valence-electron chi connectivity index (χ2n) is 30.5. The van der Waals surface area contributed by atoms with E-state index in [1.54, 1.807) is 0 Å². The minimum absolute atomic E-state index is 0. The maximum Gasteiger partial charge on any atom is 0.448 e. The van der Waals surface area contributed by atoms with Crippen LogP contribution in [0.15, 0.2) is 183 Å². The lowest BCUT2D eigenvalue weighted by Gasteiger charge is -2.13. The van der Waals surface area contributed by atoms with Crippen molar-refractivity contribution in [3.63, 3.8) is 0 Å². The number of ether oxygens (including phenoxy) is 6. The summed E-state index contributed by atoms with van der Waals surface area (Å²) >= 11 is 10.2. The smallest absolute Gasteiger partial charge is 0.448 e.